The number of aromatic nitrogens is 1. The lowest BCUT2D eigenvalue weighted by molar-refractivity contribution is 0.0696. The van der Waals surface area contributed by atoms with Crippen LogP contribution in [0.15, 0.2) is 0 Å². The van der Waals surface area contributed by atoms with Crippen molar-refractivity contribution in [2.75, 3.05) is 13.6 Å². The molecule has 1 atom stereocenters. The molecule has 0 fully saturated rings. The highest BCUT2D eigenvalue weighted by Gasteiger charge is 2.28. The number of rotatable bonds is 4. The van der Waals surface area contributed by atoms with Crippen LogP contribution in [0, 0.1) is 0 Å². The summed E-state index contributed by atoms with van der Waals surface area (Å²) in [6.45, 7) is 4.01. The van der Waals surface area contributed by atoms with Gasteiger partial charge in [0.2, 0.25) is 5.01 Å². The highest BCUT2D eigenvalue weighted by Crippen LogP contribution is 2.34. The second-order valence-electron chi connectivity index (χ2n) is 4.67. The van der Waals surface area contributed by atoms with Gasteiger partial charge in [-0.2, -0.15) is 0 Å². The molecule has 1 aliphatic rings. The van der Waals surface area contributed by atoms with E-state index < -0.39 is 5.97 Å². The molecule has 1 aromatic heterocycles. The van der Waals surface area contributed by atoms with E-state index in [1.807, 2.05) is 0 Å². The summed E-state index contributed by atoms with van der Waals surface area (Å²) in [5, 5.41) is 9.24. The minimum Gasteiger partial charge on any atom is -0.476 e. The van der Waals surface area contributed by atoms with Crippen LogP contribution in [0.1, 0.15) is 52.5 Å². The van der Waals surface area contributed by atoms with Gasteiger partial charge in [-0.3, -0.25) is 0 Å². The summed E-state index contributed by atoms with van der Waals surface area (Å²) in [5.74, 6) is -0.491. The number of thiazole rings is 1. The quantitative estimate of drug-likeness (QED) is 0.897. The first-order chi connectivity index (χ1) is 8.11. The number of aromatic carboxylic acids is 1. The number of hydrogen-bond acceptors (Lipinski definition) is 4. The summed E-state index contributed by atoms with van der Waals surface area (Å²) in [5.41, 5.74) is 1.04. The first-order valence-electron chi connectivity index (χ1n) is 6.03. The molecule has 94 valence electrons. The van der Waals surface area contributed by atoms with E-state index in [1.165, 1.54) is 24.2 Å². The molecule has 2 rings (SSSR count). The molecular weight excluding hydrogens is 236 g/mol. The Morgan fingerprint density at radius 1 is 1.65 bits per heavy atom. The second-order valence-corrected chi connectivity index (χ2v) is 5.75. The molecule has 1 aromatic rings. The van der Waals surface area contributed by atoms with Crippen LogP contribution in [0.5, 0.6) is 0 Å². The van der Waals surface area contributed by atoms with E-state index in [0.717, 1.165) is 30.1 Å². The SMILES string of the molecule is CCCCC1CN(C)Cc2sc(C(=O)O)nc21. The zero-order valence-electron chi connectivity index (χ0n) is 10.3. The van der Waals surface area contributed by atoms with Gasteiger partial charge in [0.1, 0.15) is 0 Å². The number of carbonyl (C=O) groups is 1. The number of carboxylic acids is 1. The molecule has 0 radical (unpaired) electrons. The van der Waals surface area contributed by atoms with Crippen molar-refractivity contribution >= 4 is 17.3 Å². The molecule has 2 heterocycles. The van der Waals surface area contributed by atoms with Crippen LogP contribution in [0.2, 0.25) is 0 Å². The Morgan fingerprint density at radius 3 is 3.06 bits per heavy atom. The molecular formula is C12H18N2O2S. The van der Waals surface area contributed by atoms with E-state index in [0.29, 0.717) is 5.92 Å². The van der Waals surface area contributed by atoms with Crippen LogP contribution >= 0.6 is 11.3 Å². The molecule has 0 amide bonds. The highest BCUT2D eigenvalue weighted by atomic mass is 32.1. The molecule has 0 aromatic carbocycles. The third-order valence-electron chi connectivity index (χ3n) is 3.15. The van der Waals surface area contributed by atoms with Crippen LogP contribution < -0.4 is 0 Å². The van der Waals surface area contributed by atoms with Gasteiger partial charge in [-0.25, -0.2) is 9.78 Å². The Balaban J connectivity index is 2.25. The highest BCUT2D eigenvalue weighted by molar-refractivity contribution is 7.13. The first kappa shape index (κ1) is 12.5. The Kier molecular flexibility index (Phi) is 3.79. The maximum Gasteiger partial charge on any atom is 0.365 e. The van der Waals surface area contributed by atoms with Crippen molar-refractivity contribution in [2.45, 2.75) is 38.6 Å². The van der Waals surface area contributed by atoms with Gasteiger partial charge in [0.15, 0.2) is 0 Å². The molecule has 1 aliphatic heterocycles. The van der Waals surface area contributed by atoms with Crippen LogP contribution in [0.4, 0.5) is 0 Å². The van der Waals surface area contributed by atoms with Gasteiger partial charge in [-0.15, -0.1) is 11.3 Å². The number of fused-ring (bicyclic) bond motifs is 1. The van der Waals surface area contributed by atoms with Crippen molar-refractivity contribution in [3.05, 3.63) is 15.6 Å². The maximum absolute atomic E-state index is 11.0. The smallest absolute Gasteiger partial charge is 0.365 e. The van der Waals surface area contributed by atoms with E-state index in [2.05, 4.69) is 23.9 Å². The van der Waals surface area contributed by atoms with Gasteiger partial charge >= 0.3 is 5.97 Å². The predicted molar refractivity (Wildman–Crippen MR) is 67.7 cm³/mol. The summed E-state index contributed by atoms with van der Waals surface area (Å²) in [6, 6.07) is 0. The van der Waals surface area contributed by atoms with E-state index in [4.69, 9.17) is 5.11 Å². The molecule has 0 bridgehead atoms. The van der Waals surface area contributed by atoms with Crippen molar-refractivity contribution in [2.24, 2.45) is 0 Å². The standard InChI is InChI=1S/C12H18N2O2S/c1-3-4-5-8-6-14(2)7-9-10(8)13-11(17-9)12(15)16/h8H,3-7H2,1-2H3,(H,15,16). The number of nitrogens with zero attached hydrogens (tertiary/aromatic N) is 2. The summed E-state index contributed by atoms with van der Waals surface area (Å²) >= 11 is 1.33. The molecule has 0 saturated heterocycles. The van der Waals surface area contributed by atoms with Gasteiger partial charge in [0, 0.05) is 23.9 Å². The lowest BCUT2D eigenvalue weighted by Gasteiger charge is -2.28. The average Bonchev–Trinajstić information content (AvgIpc) is 2.69. The molecule has 1 N–H and O–H groups in total. The monoisotopic (exact) mass is 254 g/mol. The molecule has 5 heteroatoms. The fraction of sp³-hybridized carbons (Fsp3) is 0.667. The van der Waals surface area contributed by atoms with E-state index in [-0.39, 0.29) is 5.01 Å². The van der Waals surface area contributed by atoms with Gasteiger partial charge in [-0.1, -0.05) is 19.8 Å². The maximum atomic E-state index is 11.0. The van der Waals surface area contributed by atoms with Gasteiger partial charge < -0.3 is 10.0 Å². The van der Waals surface area contributed by atoms with Crippen molar-refractivity contribution < 1.29 is 9.90 Å². The Morgan fingerprint density at radius 2 is 2.41 bits per heavy atom. The molecule has 0 spiro atoms. The molecule has 1 unspecified atom stereocenters. The molecule has 4 nitrogen and oxygen atoms in total. The predicted octanol–water partition coefficient (Wildman–Crippen LogP) is 2.56. The Hall–Kier alpha value is -0.940. The fourth-order valence-electron chi connectivity index (χ4n) is 2.34. The summed E-state index contributed by atoms with van der Waals surface area (Å²) < 4.78 is 0. The number of likely N-dealkylation sites (N-methyl/N-ethyl adjacent to an activating group) is 1. The van der Waals surface area contributed by atoms with Crippen molar-refractivity contribution in [3.63, 3.8) is 0 Å². The third kappa shape index (κ3) is 2.66. The summed E-state index contributed by atoms with van der Waals surface area (Å²) in [4.78, 5) is 18.7. The van der Waals surface area contributed by atoms with Crippen molar-refractivity contribution in [1.29, 1.82) is 0 Å². The van der Waals surface area contributed by atoms with E-state index >= 15 is 0 Å². The number of carboxylic acid groups (broad SMARTS) is 1. The van der Waals surface area contributed by atoms with E-state index in [1.54, 1.807) is 0 Å². The number of unbranched alkanes of at least 4 members (excludes halogenated alkanes) is 1. The zero-order chi connectivity index (χ0) is 12.4. The summed E-state index contributed by atoms with van der Waals surface area (Å²) in [6.07, 6.45) is 3.46. The molecule has 17 heavy (non-hydrogen) atoms. The van der Waals surface area contributed by atoms with Gasteiger partial charge in [0.25, 0.3) is 0 Å². The zero-order valence-corrected chi connectivity index (χ0v) is 11.1. The lowest BCUT2D eigenvalue weighted by atomic mass is 9.94. The van der Waals surface area contributed by atoms with Crippen LogP contribution in [0.3, 0.4) is 0 Å². The van der Waals surface area contributed by atoms with Crippen LogP contribution in [-0.4, -0.2) is 34.6 Å². The van der Waals surface area contributed by atoms with Crippen molar-refractivity contribution in [1.82, 2.24) is 9.88 Å². The lowest BCUT2D eigenvalue weighted by Crippen LogP contribution is -2.29. The normalized spacial score (nSPS) is 20.2. The average molecular weight is 254 g/mol. The molecule has 0 saturated carbocycles. The Labute approximate surface area is 105 Å². The largest absolute Gasteiger partial charge is 0.476 e. The number of hydrogen-bond donors (Lipinski definition) is 1. The minimum atomic E-state index is -0.902. The van der Waals surface area contributed by atoms with Crippen LogP contribution in [-0.2, 0) is 6.54 Å². The topological polar surface area (TPSA) is 53.4 Å². The first-order valence-corrected chi connectivity index (χ1v) is 6.85. The van der Waals surface area contributed by atoms with Gasteiger partial charge in [0.05, 0.1) is 5.69 Å². The third-order valence-corrected chi connectivity index (χ3v) is 4.19. The van der Waals surface area contributed by atoms with E-state index in [9.17, 15) is 4.79 Å². The van der Waals surface area contributed by atoms with Crippen LogP contribution in [0.25, 0.3) is 0 Å². The molecule has 0 aliphatic carbocycles. The summed E-state index contributed by atoms with van der Waals surface area (Å²) in [7, 11) is 2.09. The Bertz CT molecular complexity index is 417. The minimum absolute atomic E-state index is 0.242. The second kappa shape index (κ2) is 5.14. The van der Waals surface area contributed by atoms with Crippen molar-refractivity contribution in [3.8, 4) is 0 Å². The fourth-order valence-corrected chi connectivity index (χ4v) is 3.40. The van der Waals surface area contributed by atoms with Gasteiger partial charge in [-0.05, 0) is 13.5 Å².